The largest absolute Gasteiger partial charge is 0.494 e. The Bertz CT molecular complexity index is 1260. The van der Waals surface area contributed by atoms with E-state index in [9.17, 15) is 14.9 Å². The van der Waals surface area contributed by atoms with E-state index in [0.29, 0.717) is 54.9 Å². The number of nitro benzene ring substituents is 1. The first-order valence-corrected chi connectivity index (χ1v) is 12.6. The lowest BCUT2D eigenvalue weighted by atomic mass is 10.1. The molecule has 0 bridgehead atoms. The van der Waals surface area contributed by atoms with Gasteiger partial charge in [-0.15, -0.1) is 12.4 Å². The molecule has 1 aromatic heterocycles. The number of fused-ring (bicyclic) bond motifs is 1. The summed E-state index contributed by atoms with van der Waals surface area (Å²) in [5, 5.41) is 12.5. The zero-order valence-corrected chi connectivity index (χ0v) is 23.1. The number of hydrogen-bond donors (Lipinski definition) is 0. The van der Waals surface area contributed by atoms with Gasteiger partial charge in [0.2, 0.25) is 0 Å². The first kappa shape index (κ1) is 28.6. The number of hydrogen-bond acceptors (Lipinski definition) is 9. The molecule has 1 aliphatic heterocycles. The van der Waals surface area contributed by atoms with Crippen LogP contribution in [0.25, 0.3) is 10.2 Å². The number of methoxy groups -OCH3 is 1. The number of anilines is 2. The standard InChI is InChI=1S/C25H31N5O5S.ClH/c1-17-6-9-21(34-4)22-23(17)36-25(26-22)29(11-5-10-27(2)3)24(31)18-7-8-19(20(16-18)30(32)33)28-12-14-35-15-13-28;/h6-9,16H,5,10-15H2,1-4H3;1H. The molecule has 10 nitrogen and oxygen atoms in total. The average Bonchev–Trinajstić information content (AvgIpc) is 3.32. The van der Waals surface area contributed by atoms with Crippen molar-refractivity contribution < 1.29 is 19.2 Å². The molecule has 2 aromatic carbocycles. The van der Waals surface area contributed by atoms with Gasteiger partial charge in [-0.05, 0) is 57.7 Å². The number of rotatable bonds is 9. The number of carbonyl (C=O) groups excluding carboxylic acids is 1. The van der Waals surface area contributed by atoms with Crippen LogP contribution >= 0.6 is 23.7 Å². The quantitative estimate of drug-likeness (QED) is 0.286. The lowest BCUT2D eigenvalue weighted by molar-refractivity contribution is -0.384. The van der Waals surface area contributed by atoms with E-state index in [1.807, 2.05) is 38.1 Å². The van der Waals surface area contributed by atoms with E-state index in [-0.39, 0.29) is 29.6 Å². The van der Waals surface area contributed by atoms with Crippen molar-refractivity contribution in [2.75, 3.05) is 70.4 Å². The molecule has 2 heterocycles. The number of aryl methyl sites for hydroxylation is 1. The van der Waals surface area contributed by atoms with Crippen LogP contribution in [0, 0.1) is 17.0 Å². The van der Waals surface area contributed by atoms with E-state index in [0.717, 1.165) is 23.2 Å². The van der Waals surface area contributed by atoms with Crippen LogP contribution in [0.2, 0.25) is 0 Å². The van der Waals surface area contributed by atoms with E-state index in [4.69, 9.17) is 14.5 Å². The highest BCUT2D eigenvalue weighted by molar-refractivity contribution is 7.22. The van der Waals surface area contributed by atoms with E-state index >= 15 is 0 Å². The molecule has 1 fully saturated rings. The average molecular weight is 550 g/mol. The van der Waals surface area contributed by atoms with Crippen LogP contribution in [0.5, 0.6) is 5.75 Å². The number of nitrogens with zero attached hydrogens (tertiary/aromatic N) is 5. The highest BCUT2D eigenvalue weighted by atomic mass is 35.5. The highest BCUT2D eigenvalue weighted by Gasteiger charge is 2.27. The molecule has 3 aromatic rings. The van der Waals surface area contributed by atoms with Gasteiger partial charge in [0.25, 0.3) is 11.6 Å². The van der Waals surface area contributed by atoms with Gasteiger partial charge in [-0.1, -0.05) is 17.4 Å². The molecule has 1 amide bonds. The van der Waals surface area contributed by atoms with Crippen molar-refractivity contribution in [2.24, 2.45) is 0 Å². The van der Waals surface area contributed by atoms with Gasteiger partial charge in [0, 0.05) is 31.3 Å². The van der Waals surface area contributed by atoms with Crippen LogP contribution in [0.15, 0.2) is 30.3 Å². The monoisotopic (exact) mass is 549 g/mol. The Balaban J connectivity index is 0.00000380. The Labute approximate surface area is 226 Å². The van der Waals surface area contributed by atoms with E-state index in [1.54, 1.807) is 24.1 Å². The van der Waals surface area contributed by atoms with Gasteiger partial charge in [0.1, 0.15) is 17.0 Å². The molecule has 4 rings (SSSR count). The molecule has 1 saturated heterocycles. The second-order valence-electron chi connectivity index (χ2n) is 8.93. The number of thiazole rings is 1. The van der Waals surface area contributed by atoms with Crippen molar-refractivity contribution in [3.8, 4) is 5.75 Å². The summed E-state index contributed by atoms with van der Waals surface area (Å²) in [5.41, 5.74) is 2.42. The summed E-state index contributed by atoms with van der Waals surface area (Å²) >= 11 is 1.42. The van der Waals surface area contributed by atoms with Crippen molar-refractivity contribution in [3.05, 3.63) is 51.6 Å². The summed E-state index contributed by atoms with van der Waals surface area (Å²) < 4.78 is 11.8. The third-order valence-electron chi connectivity index (χ3n) is 6.15. The normalized spacial score (nSPS) is 13.5. The Kier molecular flexibility index (Phi) is 9.66. The van der Waals surface area contributed by atoms with Gasteiger partial charge >= 0.3 is 0 Å². The summed E-state index contributed by atoms with van der Waals surface area (Å²) in [7, 11) is 5.55. The second-order valence-corrected chi connectivity index (χ2v) is 9.91. The van der Waals surface area contributed by atoms with Crippen LogP contribution in [0.4, 0.5) is 16.5 Å². The zero-order chi connectivity index (χ0) is 25.8. The molecule has 1 aliphatic rings. The topological polar surface area (TPSA) is 101 Å². The first-order valence-electron chi connectivity index (χ1n) is 11.8. The number of amides is 1. The summed E-state index contributed by atoms with van der Waals surface area (Å²) in [6.45, 7) is 5.37. The Morgan fingerprint density at radius 2 is 1.95 bits per heavy atom. The van der Waals surface area contributed by atoms with Crippen molar-refractivity contribution >= 4 is 56.4 Å². The predicted molar refractivity (Wildman–Crippen MR) is 149 cm³/mol. The SMILES string of the molecule is COc1ccc(C)c2sc(N(CCCN(C)C)C(=O)c3ccc(N4CCOCC4)c([N+](=O)[O-])c3)nc12.Cl. The molecule has 0 radical (unpaired) electrons. The smallest absolute Gasteiger partial charge is 0.293 e. The van der Waals surface area contributed by atoms with Crippen LogP contribution in [-0.4, -0.2) is 81.3 Å². The Morgan fingerprint density at radius 1 is 1.22 bits per heavy atom. The molecule has 0 unspecified atom stereocenters. The maximum Gasteiger partial charge on any atom is 0.293 e. The van der Waals surface area contributed by atoms with Gasteiger partial charge in [-0.2, -0.15) is 0 Å². The van der Waals surface area contributed by atoms with E-state index in [2.05, 4.69) is 4.90 Å². The Morgan fingerprint density at radius 3 is 2.59 bits per heavy atom. The molecular weight excluding hydrogens is 518 g/mol. The van der Waals surface area contributed by atoms with Crippen molar-refractivity contribution in [2.45, 2.75) is 13.3 Å². The van der Waals surface area contributed by atoms with Crippen molar-refractivity contribution in [1.29, 1.82) is 0 Å². The number of halogens is 1. The van der Waals surface area contributed by atoms with Gasteiger partial charge in [-0.25, -0.2) is 4.98 Å². The summed E-state index contributed by atoms with van der Waals surface area (Å²) in [6, 6.07) is 8.55. The van der Waals surface area contributed by atoms with Gasteiger partial charge in [-0.3, -0.25) is 19.8 Å². The lowest BCUT2D eigenvalue weighted by Crippen LogP contribution is -2.37. The summed E-state index contributed by atoms with van der Waals surface area (Å²) in [6.07, 6.45) is 0.721. The number of morpholine rings is 1. The third-order valence-corrected chi connectivity index (χ3v) is 7.36. The molecule has 0 atom stereocenters. The van der Waals surface area contributed by atoms with Gasteiger partial charge in [0.05, 0.1) is 29.9 Å². The first-order chi connectivity index (χ1) is 17.3. The maximum atomic E-state index is 13.8. The number of nitro groups is 1. The maximum absolute atomic E-state index is 13.8. The lowest BCUT2D eigenvalue weighted by Gasteiger charge is -2.28. The molecule has 0 N–H and O–H groups in total. The van der Waals surface area contributed by atoms with Gasteiger partial charge in [0.15, 0.2) is 5.13 Å². The number of benzene rings is 2. The summed E-state index contributed by atoms with van der Waals surface area (Å²) in [5.74, 6) is 0.324. The van der Waals surface area contributed by atoms with Gasteiger partial charge < -0.3 is 19.3 Å². The molecule has 0 spiro atoms. The van der Waals surface area contributed by atoms with Crippen LogP contribution in [0.1, 0.15) is 22.3 Å². The van der Waals surface area contributed by atoms with Crippen molar-refractivity contribution in [1.82, 2.24) is 9.88 Å². The molecule has 0 saturated carbocycles. The van der Waals surface area contributed by atoms with E-state index < -0.39 is 4.92 Å². The van der Waals surface area contributed by atoms with E-state index in [1.165, 1.54) is 17.4 Å². The fraction of sp³-hybridized carbons (Fsp3) is 0.440. The van der Waals surface area contributed by atoms with Crippen LogP contribution < -0.4 is 14.5 Å². The predicted octanol–water partition coefficient (Wildman–Crippen LogP) is 4.38. The number of aromatic nitrogens is 1. The Hall–Kier alpha value is -2.99. The molecule has 200 valence electrons. The summed E-state index contributed by atoms with van der Waals surface area (Å²) in [4.78, 5) is 35.7. The highest BCUT2D eigenvalue weighted by Crippen LogP contribution is 2.37. The third kappa shape index (κ3) is 6.30. The fourth-order valence-corrected chi connectivity index (χ4v) is 5.31. The number of carbonyl (C=O) groups is 1. The molecule has 12 heteroatoms. The second kappa shape index (κ2) is 12.5. The minimum absolute atomic E-state index is 0. The van der Waals surface area contributed by atoms with Crippen LogP contribution in [-0.2, 0) is 4.74 Å². The molecule has 37 heavy (non-hydrogen) atoms. The minimum atomic E-state index is -0.427. The van der Waals surface area contributed by atoms with Crippen LogP contribution in [0.3, 0.4) is 0 Å². The van der Waals surface area contributed by atoms with Crippen molar-refractivity contribution in [3.63, 3.8) is 0 Å². The molecule has 0 aliphatic carbocycles. The zero-order valence-electron chi connectivity index (χ0n) is 21.4. The number of ether oxygens (including phenoxy) is 2. The minimum Gasteiger partial charge on any atom is -0.494 e. The molecular formula is C25H32ClN5O5S. The fourth-order valence-electron chi connectivity index (χ4n) is 4.24.